The summed E-state index contributed by atoms with van der Waals surface area (Å²) in [6, 6.07) is 7.47. The maximum Gasteiger partial charge on any atom is 0.277 e. The summed E-state index contributed by atoms with van der Waals surface area (Å²) in [4.78, 5) is 14.1. The smallest absolute Gasteiger partial charge is 0.277 e. The van der Waals surface area contributed by atoms with E-state index in [0.717, 1.165) is 11.1 Å². The van der Waals surface area contributed by atoms with Crippen molar-refractivity contribution >= 4 is 27.5 Å². The fraction of sp³-hybridized carbons (Fsp3) is 0.471. The molecule has 0 spiro atoms. The van der Waals surface area contributed by atoms with Gasteiger partial charge < -0.3 is 9.32 Å². The third-order valence-electron chi connectivity index (χ3n) is 4.41. The fourth-order valence-electron chi connectivity index (χ4n) is 3.06. The molecule has 0 aliphatic carbocycles. The van der Waals surface area contributed by atoms with Crippen LogP contribution in [0.3, 0.4) is 0 Å². The molecule has 0 bridgehead atoms. The molecule has 3 rings (SSSR count). The molecular formula is C17H21N3O4S2. The van der Waals surface area contributed by atoms with Gasteiger partial charge in [-0.2, -0.15) is 0 Å². The highest BCUT2D eigenvalue weighted by molar-refractivity contribution is 7.99. The molecule has 1 saturated heterocycles. The lowest BCUT2D eigenvalue weighted by Gasteiger charge is -2.26. The van der Waals surface area contributed by atoms with Crippen LogP contribution in [0, 0.1) is 6.92 Å². The summed E-state index contributed by atoms with van der Waals surface area (Å²) >= 11 is 1.17. The van der Waals surface area contributed by atoms with Crippen LogP contribution in [0.15, 0.2) is 33.9 Å². The second kappa shape index (κ2) is 7.79. The molecule has 0 N–H and O–H groups in total. The van der Waals surface area contributed by atoms with Crippen LogP contribution in [0.5, 0.6) is 0 Å². The van der Waals surface area contributed by atoms with Crippen LogP contribution in [-0.2, 0) is 14.6 Å². The number of sulfone groups is 1. The van der Waals surface area contributed by atoms with Gasteiger partial charge in [0.2, 0.25) is 11.8 Å². The molecule has 2 heterocycles. The Hall–Kier alpha value is -1.87. The van der Waals surface area contributed by atoms with Gasteiger partial charge in [0.1, 0.15) is 0 Å². The molecule has 1 amide bonds. The molecular weight excluding hydrogens is 374 g/mol. The third kappa shape index (κ3) is 4.27. The van der Waals surface area contributed by atoms with Crippen molar-refractivity contribution in [1.82, 2.24) is 15.1 Å². The maximum atomic E-state index is 12.5. The first-order valence-electron chi connectivity index (χ1n) is 8.42. The van der Waals surface area contributed by atoms with Crippen molar-refractivity contribution in [2.24, 2.45) is 0 Å². The molecule has 1 aliphatic heterocycles. The van der Waals surface area contributed by atoms with Gasteiger partial charge in [-0.25, -0.2) is 8.42 Å². The Morgan fingerprint density at radius 1 is 1.35 bits per heavy atom. The number of aromatic nitrogens is 2. The Labute approximate surface area is 157 Å². The van der Waals surface area contributed by atoms with Crippen molar-refractivity contribution in [2.75, 3.05) is 23.8 Å². The second-order valence-corrected chi connectivity index (χ2v) is 9.37. The molecule has 1 atom stereocenters. The Bertz CT molecular complexity index is 895. The summed E-state index contributed by atoms with van der Waals surface area (Å²) in [6.07, 6.45) is 0.505. The molecule has 9 heteroatoms. The molecule has 0 radical (unpaired) electrons. The number of thioether (sulfide) groups is 1. The lowest BCUT2D eigenvalue weighted by atomic mass is 10.1. The van der Waals surface area contributed by atoms with Crippen LogP contribution >= 0.6 is 11.8 Å². The van der Waals surface area contributed by atoms with E-state index in [9.17, 15) is 13.2 Å². The molecule has 7 nitrogen and oxygen atoms in total. The predicted molar refractivity (Wildman–Crippen MR) is 99.6 cm³/mol. The zero-order chi connectivity index (χ0) is 18.7. The largest absolute Gasteiger partial charge is 0.411 e. The molecule has 0 unspecified atom stereocenters. The number of hydrogen-bond acceptors (Lipinski definition) is 7. The van der Waals surface area contributed by atoms with Crippen LogP contribution in [0.25, 0.3) is 11.5 Å². The van der Waals surface area contributed by atoms with Gasteiger partial charge in [0.25, 0.3) is 5.22 Å². The minimum absolute atomic E-state index is 0.0508. The van der Waals surface area contributed by atoms with Gasteiger partial charge in [-0.1, -0.05) is 30.0 Å². The monoisotopic (exact) mass is 395 g/mol. The van der Waals surface area contributed by atoms with Crippen LogP contribution < -0.4 is 0 Å². The standard InChI is InChI=1S/C17H21N3O4S2/c1-3-20(13-8-9-26(22,23)11-13)15(21)10-25-17-19-18-16(24-17)14-7-5-4-6-12(14)2/h4-7,13H,3,8-11H2,1-2H3/t13-/m0/s1. The number of hydrogen-bond donors (Lipinski definition) is 0. The molecule has 0 saturated carbocycles. The highest BCUT2D eigenvalue weighted by Crippen LogP contribution is 2.26. The van der Waals surface area contributed by atoms with Crippen LogP contribution in [0.4, 0.5) is 0 Å². The van der Waals surface area contributed by atoms with E-state index in [1.807, 2.05) is 38.1 Å². The highest BCUT2D eigenvalue weighted by atomic mass is 32.2. The molecule has 2 aromatic rings. The van der Waals surface area contributed by atoms with E-state index in [1.54, 1.807) is 4.90 Å². The van der Waals surface area contributed by atoms with E-state index in [1.165, 1.54) is 11.8 Å². The van der Waals surface area contributed by atoms with Crippen LogP contribution in [0.1, 0.15) is 18.9 Å². The van der Waals surface area contributed by atoms with E-state index >= 15 is 0 Å². The summed E-state index contributed by atoms with van der Waals surface area (Å²) in [7, 11) is -3.02. The summed E-state index contributed by atoms with van der Waals surface area (Å²) in [5, 5.41) is 8.36. The van der Waals surface area contributed by atoms with Gasteiger partial charge in [-0.3, -0.25) is 4.79 Å². The van der Waals surface area contributed by atoms with Gasteiger partial charge in [0.05, 0.1) is 17.3 Å². The average molecular weight is 396 g/mol. The lowest BCUT2D eigenvalue weighted by molar-refractivity contribution is -0.129. The molecule has 1 aromatic heterocycles. The van der Waals surface area contributed by atoms with Crippen molar-refractivity contribution < 1.29 is 17.6 Å². The Morgan fingerprint density at radius 2 is 2.12 bits per heavy atom. The van der Waals surface area contributed by atoms with Gasteiger partial charge in [0.15, 0.2) is 9.84 Å². The van der Waals surface area contributed by atoms with Crippen molar-refractivity contribution in [1.29, 1.82) is 0 Å². The van der Waals surface area contributed by atoms with E-state index in [0.29, 0.717) is 24.1 Å². The molecule has 1 aliphatic rings. The van der Waals surface area contributed by atoms with Gasteiger partial charge in [0, 0.05) is 18.2 Å². The van der Waals surface area contributed by atoms with Crippen molar-refractivity contribution in [3.8, 4) is 11.5 Å². The maximum absolute atomic E-state index is 12.5. The fourth-order valence-corrected chi connectivity index (χ4v) is 5.44. The minimum atomic E-state index is -3.02. The Morgan fingerprint density at radius 3 is 2.77 bits per heavy atom. The van der Waals surface area contributed by atoms with E-state index in [2.05, 4.69) is 10.2 Å². The summed E-state index contributed by atoms with van der Waals surface area (Å²) in [6.45, 7) is 4.30. The third-order valence-corrected chi connectivity index (χ3v) is 6.96. The van der Waals surface area contributed by atoms with E-state index in [4.69, 9.17) is 4.42 Å². The number of aryl methyl sites for hydroxylation is 1. The Balaban J connectivity index is 1.62. The number of rotatable bonds is 6. The molecule has 1 aromatic carbocycles. The first kappa shape index (κ1) is 18.9. The topological polar surface area (TPSA) is 93.4 Å². The zero-order valence-corrected chi connectivity index (χ0v) is 16.3. The first-order chi connectivity index (χ1) is 12.4. The van der Waals surface area contributed by atoms with Gasteiger partial charge in [-0.05, 0) is 31.9 Å². The molecule has 26 heavy (non-hydrogen) atoms. The summed E-state index contributed by atoms with van der Waals surface area (Å²) in [5.41, 5.74) is 1.90. The summed E-state index contributed by atoms with van der Waals surface area (Å²) < 4.78 is 29.0. The van der Waals surface area contributed by atoms with E-state index < -0.39 is 9.84 Å². The van der Waals surface area contributed by atoms with Crippen molar-refractivity contribution in [3.63, 3.8) is 0 Å². The number of nitrogens with zero attached hydrogens (tertiary/aromatic N) is 3. The zero-order valence-electron chi connectivity index (χ0n) is 14.7. The van der Waals surface area contributed by atoms with Crippen LogP contribution in [0.2, 0.25) is 0 Å². The highest BCUT2D eigenvalue weighted by Gasteiger charge is 2.33. The number of amides is 1. The lowest BCUT2D eigenvalue weighted by Crippen LogP contribution is -2.41. The first-order valence-corrected chi connectivity index (χ1v) is 11.2. The minimum Gasteiger partial charge on any atom is -0.411 e. The van der Waals surface area contributed by atoms with Crippen molar-refractivity contribution in [3.05, 3.63) is 29.8 Å². The van der Waals surface area contributed by atoms with Gasteiger partial charge in [-0.15, -0.1) is 10.2 Å². The quantitative estimate of drug-likeness (QED) is 0.692. The summed E-state index contributed by atoms with van der Waals surface area (Å²) in [5.74, 6) is 0.648. The average Bonchev–Trinajstić information content (AvgIpc) is 3.21. The van der Waals surface area contributed by atoms with Crippen molar-refractivity contribution in [2.45, 2.75) is 31.5 Å². The predicted octanol–water partition coefficient (Wildman–Crippen LogP) is 2.17. The SMILES string of the molecule is CCN(C(=O)CSc1nnc(-c2ccccc2C)o1)[C@H]1CCS(=O)(=O)C1. The van der Waals surface area contributed by atoms with E-state index in [-0.39, 0.29) is 29.2 Å². The van der Waals surface area contributed by atoms with Gasteiger partial charge >= 0.3 is 0 Å². The number of benzene rings is 1. The van der Waals surface area contributed by atoms with Crippen LogP contribution in [-0.4, -0.2) is 59.3 Å². The normalized spacial score (nSPS) is 18.8. The molecule has 140 valence electrons. The second-order valence-electron chi connectivity index (χ2n) is 6.21. The molecule has 1 fully saturated rings. The number of carbonyl (C=O) groups excluding carboxylic acids is 1. The number of carbonyl (C=O) groups is 1. The Kier molecular flexibility index (Phi) is 5.67.